The van der Waals surface area contributed by atoms with Crippen LogP contribution in [0.1, 0.15) is 63.9 Å². The van der Waals surface area contributed by atoms with Crippen LogP contribution in [0.25, 0.3) is 0 Å². The summed E-state index contributed by atoms with van der Waals surface area (Å²) in [7, 11) is 1.25. The second-order valence-corrected chi connectivity index (χ2v) is 16.7. The molecule has 0 bridgehead atoms. The van der Waals surface area contributed by atoms with Gasteiger partial charge in [0, 0.05) is 31.7 Å². The molecule has 4 aliphatic heterocycles. The SMILES string of the molecule is C.C.CN1CCOCC1.ClP(Cl)Cl.ClP1O[C@H](c2ccccc2)[C@@H]2CCCN21.O[C@H](c1ccccc1)[C@@H]1CCCN1. The molecule has 12 heteroatoms. The molecule has 4 fully saturated rings. The number of halogens is 4. The van der Waals surface area contributed by atoms with Crippen LogP contribution in [-0.2, 0) is 9.26 Å². The van der Waals surface area contributed by atoms with Gasteiger partial charge < -0.3 is 24.6 Å². The largest absolute Gasteiger partial charge is 0.387 e. The lowest BCUT2D eigenvalue weighted by molar-refractivity contribution is 0.0503. The van der Waals surface area contributed by atoms with Crippen LogP contribution in [0.2, 0.25) is 0 Å². The van der Waals surface area contributed by atoms with E-state index in [0.29, 0.717) is 6.04 Å². The van der Waals surface area contributed by atoms with E-state index in [0.717, 1.165) is 51.4 Å². The smallest absolute Gasteiger partial charge is 0.207 e. The third-order valence-electron chi connectivity index (χ3n) is 7.01. The Morgan fingerprint density at radius 3 is 2.02 bits per heavy atom. The van der Waals surface area contributed by atoms with Gasteiger partial charge in [-0.2, -0.15) is 0 Å². The Morgan fingerprint density at radius 1 is 0.927 bits per heavy atom. The fourth-order valence-corrected chi connectivity index (χ4v) is 7.11. The van der Waals surface area contributed by atoms with Crippen LogP contribution in [0.15, 0.2) is 60.7 Å². The van der Waals surface area contributed by atoms with Crippen molar-refractivity contribution in [2.75, 3.05) is 46.4 Å². The van der Waals surface area contributed by atoms with Gasteiger partial charge in [-0.25, -0.2) is 4.67 Å². The van der Waals surface area contributed by atoms with Gasteiger partial charge in [0.05, 0.1) is 19.3 Å². The molecular weight excluding hydrogens is 642 g/mol. The summed E-state index contributed by atoms with van der Waals surface area (Å²) in [6, 6.07) is 21.0. The van der Waals surface area contributed by atoms with Crippen LogP contribution in [0.5, 0.6) is 0 Å². The molecular formula is C29H47Cl4N3O3P2. The number of rotatable bonds is 3. The summed E-state index contributed by atoms with van der Waals surface area (Å²) in [6.07, 6.45) is 4.57. The maximum absolute atomic E-state index is 9.96. The normalized spacial score (nSPS) is 26.0. The molecule has 0 amide bonds. The Balaban J connectivity index is 0.000000295. The minimum Gasteiger partial charge on any atom is -0.387 e. The van der Waals surface area contributed by atoms with Crippen LogP contribution in [-0.4, -0.2) is 73.2 Å². The predicted molar refractivity (Wildman–Crippen MR) is 181 cm³/mol. The quantitative estimate of drug-likeness (QED) is 0.314. The summed E-state index contributed by atoms with van der Waals surface area (Å²) in [6.45, 7) is 6.16. The standard InChI is InChI=1S/C11H13ClNOP.C11H15NO.C5H11NO.2CH4.Cl3P/c12-15-13-8-4-7-10(13)11(14-15)9-5-2-1-3-6-9;13-11(10-7-4-8-12-10)9-5-2-1-3-6-9;1-6-2-4-7-5-3-6;;;1-4(2)3/h1-3,5-6,10-11H,4,7-8H2;1-3,5-6,10-13H,4,7-8H2;2-5H2,1H3;2*1H4;/t10-,11+,15?;10-,11+;;;;/m00..../s1. The van der Waals surface area contributed by atoms with E-state index in [1.54, 1.807) is 0 Å². The summed E-state index contributed by atoms with van der Waals surface area (Å²) >= 11 is 20.8. The molecule has 0 aliphatic carbocycles. The van der Waals surface area contributed by atoms with Crippen molar-refractivity contribution >= 4 is 58.6 Å². The highest BCUT2D eigenvalue weighted by molar-refractivity contribution is 8.20. The van der Waals surface area contributed by atoms with E-state index in [1.807, 2.05) is 36.4 Å². The molecule has 234 valence electrons. The first-order valence-corrected chi connectivity index (χ1v) is 19.5. The van der Waals surface area contributed by atoms with E-state index < -0.39 is 13.6 Å². The first kappa shape index (κ1) is 39.2. The van der Waals surface area contributed by atoms with Gasteiger partial charge in [0.15, 0.2) is 5.98 Å². The van der Waals surface area contributed by atoms with Gasteiger partial charge >= 0.3 is 0 Å². The van der Waals surface area contributed by atoms with Gasteiger partial charge in [-0.15, -0.1) is 0 Å². The summed E-state index contributed by atoms with van der Waals surface area (Å²) < 4.78 is 13.3. The van der Waals surface area contributed by atoms with E-state index in [1.165, 1.54) is 24.8 Å². The molecule has 4 saturated heterocycles. The van der Waals surface area contributed by atoms with Gasteiger partial charge in [0.2, 0.25) is 7.65 Å². The molecule has 0 aromatic heterocycles. The fourth-order valence-electron chi connectivity index (χ4n) is 4.95. The molecule has 2 N–H and O–H groups in total. The highest BCUT2D eigenvalue weighted by atomic mass is 36.0. The third kappa shape index (κ3) is 13.8. The number of nitrogens with one attached hydrogen (secondary N) is 1. The van der Waals surface area contributed by atoms with Crippen LogP contribution >= 0.6 is 58.6 Å². The molecule has 2 aromatic rings. The number of likely N-dealkylation sites (N-methyl/N-ethyl adjacent to an activating group) is 1. The van der Waals surface area contributed by atoms with Crippen LogP contribution in [0.4, 0.5) is 0 Å². The van der Waals surface area contributed by atoms with Crippen molar-refractivity contribution in [1.29, 1.82) is 0 Å². The van der Waals surface area contributed by atoms with E-state index in [9.17, 15) is 5.11 Å². The molecule has 0 spiro atoms. The van der Waals surface area contributed by atoms with Crippen molar-refractivity contribution < 1.29 is 14.4 Å². The second kappa shape index (κ2) is 21.8. The molecule has 5 atom stereocenters. The minimum atomic E-state index is -1.20. The number of nitrogens with zero attached hydrogens (tertiary/aromatic N) is 2. The lowest BCUT2D eigenvalue weighted by Crippen LogP contribution is -2.32. The molecule has 0 saturated carbocycles. The maximum Gasteiger partial charge on any atom is 0.207 e. The number of ether oxygens (including phenoxy) is 1. The van der Waals surface area contributed by atoms with E-state index in [2.05, 4.69) is 46.2 Å². The van der Waals surface area contributed by atoms with Crippen molar-refractivity contribution in [2.24, 2.45) is 0 Å². The average Bonchev–Trinajstić information content (AvgIpc) is 3.71. The minimum absolute atomic E-state index is 0. The van der Waals surface area contributed by atoms with Crippen molar-refractivity contribution in [3.63, 3.8) is 0 Å². The van der Waals surface area contributed by atoms with E-state index >= 15 is 0 Å². The number of aliphatic hydroxyl groups excluding tert-OH is 1. The first-order valence-electron chi connectivity index (χ1n) is 13.3. The molecule has 6 rings (SSSR count). The Kier molecular flexibility index (Phi) is 20.9. The molecule has 0 radical (unpaired) electrons. The van der Waals surface area contributed by atoms with Gasteiger partial charge in [0.25, 0.3) is 0 Å². The van der Waals surface area contributed by atoms with E-state index in [-0.39, 0.29) is 33.1 Å². The molecule has 1 unspecified atom stereocenters. The highest BCUT2D eigenvalue weighted by Gasteiger charge is 2.45. The zero-order chi connectivity index (χ0) is 28.0. The number of hydrogen-bond acceptors (Lipinski definition) is 6. The molecule has 2 aromatic carbocycles. The first-order chi connectivity index (χ1) is 18.9. The Morgan fingerprint density at radius 2 is 1.51 bits per heavy atom. The van der Waals surface area contributed by atoms with Gasteiger partial charge in [0.1, 0.15) is 6.10 Å². The number of aliphatic hydroxyl groups is 1. The number of hydrogen-bond donors (Lipinski definition) is 2. The van der Waals surface area contributed by atoms with Crippen molar-refractivity contribution in [1.82, 2.24) is 14.9 Å². The number of morpholine rings is 1. The van der Waals surface area contributed by atoms with Gasteiger partial charge in [-0.3, -0.25) is 0 Å². The molecule has 41 heavy (non-hydrogen) atoms. The summed E-state index contributed by atoms with van der Waals surface area (Å²) in [5.41, 5.74) is 2.28. The second-order valence-electron chi connectivity index (χ2n) is 9.70. The van der Waals surface area contributed by atoms with Crippen LogP contribution < -0.4 is 5.32 Å². The zero-order valence-electron chi connectivity index (χ0n) is 22.2. The molecule has 6 nitrogen and oxygen atoms in total. The van der Waals surface area contributed by atoms with Gasteiger partial charge in [-0.1, -0.05) is 109 Å². The lowest BCUT2D eigenvalue weighted by atomic mass is 10.0. The molecule has 4 aliphatic rings. The number of benzene rings is 2. The lowest BCUT2D eigenvalue weighted by Gasteiger charge is -2.21. The third-order valence-corrected chi connectivity index (χ3v) is 9.13. The number of fused-ring (bicyclic) bond motifs is 1. The Labute approximate surface area is 269 Å². The predicted octanol–water partition coefficient (Wildman–Crippen LogP) is 9.31. The van der Waals surface area contributed by atoms with Gasteiger partial charge in [-0.05, 0) is 61.6 Å². The maximum atomic E-state index is 9.96. The topological polar surface area (TPSA) is 57.2 Å². The fraction of sp³-hybridized carbons (Fsp3) is 0.586. The zero-order valence-corrected chi connectivity index (χ0v) is 27.0. The Bertz CT molecular complexity index is 912. The summed E-state index contributed by atoms with van der Waals surface area (Å²) in [4.78, 5) is 2.27. The van der Waals surface area contributed by atoms with Crippen molar-refractivity contribution in [3.8, 4) is 0 Å². The average molecular weight is 689 g/mol. The molecule has 4 heterocycles. The van der Waals surface area contributed by atoms with Crippen LogP contribution in [0.3, 0.4) is 0 Å². The summed E-state index contributed by atoms with van der Waals surface area (Å²) in [5, 5.41) is 13.3. The Hall–Kier alpha value is 0.220. The summed E-state index contributed by atoms with van der Waals surface area (Å²) in [5.74, 6) is -1.20. The monoisotopic (exact) mass is 687 g/mol. The van der Waals surface area contributed by atoms with Crippen LogP contribution in [0, 0.1) is 0 Å². The highest BCUT2D eigenvalue weighted by Crippen LogP contribution is 2.62. The van der Waals surface area contributed by atoms with E-state index in [4.69, 9.17) is 54.2 Å². The van der Waals surface area contributed by atoms with Crippen molar-refractivity contribution in [3.05, 3.63) is 71.8 Å². The van der Waals surface area contributed by atoms with Crippen molar-refractivity contribution in [2.45, 2.75) is 64.8 Å².